The molecule has 1 atom stereocenters. The van der Waals surface area contributed by atoms with Gasteiger partial charge in [0.15, 0.2) is 0 Å². The van der Waals surface area contributed by atoms with Gasteiger partial charge in [0.2, 0.25) is 0 Å². The van der Waals surface area contributed by atoms with Gasteiger partial charge in [0, 0.05) is 0 Å². The minimum atomic E-state index is -4.75. The summed E-state index contributed by atoms with van der Waals surface area (Å²) in [6, 6.07) is 4.63. The fourth-order valence-corrected chi connectivity index (χ4v) is 2.78. The van der Waals surface area contributed by atoms with E-state index in [4.69, 9.17) is 0 Å². The van der Waals surface area contributed by atoms with Crippen LogP contribution in [0.5, 0.6) is 5.75 Å². The summed E-state index contributed by atoms with van der Waals surface area (Å²) in [5, 5.41) is 2.72. The normalized spacial score (nSPS) is 24.8. The van der Waals surface area contributed by atoms with Crippen molar-refractivity contribution < 1.29 is 27.5 Å². The zero-order valence-corrected chi connectivity index (χ0v) is 12.3. The van der Waals surface area contributed by atoms with E-state index in [1.54, 1.807) is 6.92 Å². The lowest BCUT2D eigenvalue weighted by Gasteiger charge is -2.21. The Morgan fingerprint density at radius 1 is 1.26 bits per heavy atom. The highest BCUT2D eigenvalue weighted by Gasteiger charge is 2.55. The van der Waals surface area contributed by atoms with Crippen molar-refractivity contribution in [1.29, 1.82) is 0 Å². The second kappa shape index (κ2) is 5.14. The Morgan fingerprint density at radius 2 is 1.87 bits per heavy atom. The third kappa shape index (κ3) is 3.11. The van der Waals surface area contributed by atoms with Gasteiger partial charge in [-0.25, -0.2) is 4.79 Å². The number of imide groups is 1. The molecule has 1 aromatic rings. The third-order valence-corrected chi connectivity index (χ3v) is 4.19. The predicted octanol–water partition coefficient (Wildman–Crippen LogP) is 2.81. The second-order valence-corrected chi connectivity index (χ2v) is 5.99. The smallest absolute Gasteiger partial charge is 0.406 e. The van der Waals surface area contributed by atoms with Crippen LogP contribution < -0.4 is 10.1 Å². The summed E-state index contributed by atoms with van der Waals surface area (Å²) in [5.74, 6) is -0.478. The van der Waals surface area contributed by atoms with Crippen molar-refractivity contribution in [2.45, 2.75) is 38.2 Å². The number of nitrogens with zero attached hydrogens (tertiary/aromatic N) is 1. The van der Waals surface area contributed by atoms with E-state index >= 15 is 0 Å². The van der Waals surface area contributed by atoms with Crippen LogP contribution in [0, 0.1) is 5.92 Å². The summed E-state index contributed by atoms with van der Waals surface area (Å²) in [7, 11) is 0. The van der Waals surface area contributed by atoms with Gasteiger partial charge in [-0.05, 0) is 43.4 Å². The van der Waals surface area contributed by atoms with Crippen LogP contribution >= 0.6 is 0 Å². The van der Waals surface area contributed by atoms with Crippen molar-refractivity contribution in [2.75, 3.05) is 0 Å². The molecule has 0 spiro atoms. The van der Waals surface area contributed by atoms with Crippen LogP contribution in [-0.2, 0) is 11.3 Å². The van der Waals surface area contributed by atoms with Crippen molar-refractivity contribution >= 4 is 11.9 Å². The summed E-state index contributed by atoms with van der Waals surface area (Å²) in [6.07, 6.45) is -2.95. The molecule has 1 aliphatic carbocycles. The Morgan fingerprint density at radius 3 is 2.39 bits per heavy atom. The number of ether oxygens (including phenoxy) is 1. The SMILES string of the molecule is CC1(C2CC2)NC(=O)N(Cc2ccc(OC(F)(F)F)cc2)C1=O. The van der Waals surface area contributed by atoms with E-state index in [0.29, 0.717) is 5.56 Å². The lowest BCUT2D eigenvalue weighted by atomic mass is 9.96. The van der Waals surface area contributed by atoms with Crippen LogP contribution in [-0.4, -0.2) is 28.7 Å². The number of benzene rings is 1. The molecule has 3 amide bonds. The molecular weight excluding hydrogens is 313 g/mol. The van der Waals surface area contributed by atoms with Crippen molar-refractivity contribution in [3.8, 4) is 5.75 Å². The average molecular weight is 328 g/mol. The van der Waals surface area contributed by atoms with Crippen LogP contribution in [0.25, 0.3) is 0 Å². The van der Waals surface area contributed by atoms with Gasteiger partial charge in [-0.2, -0.15) is 0 Å². The molecule has 1 aromatic carbocycles. The molecule has 0 radical (unpaired) electrons. The van der Waals surface area contributed by atoms with Gasteiger partial charge in [0.05, 0.1) is 6.54 Å². The predicted molar refractivity (Wildman–Crippen MR) is 73.3 cm³/mol. The molecule has 1 saturated carbocycles. The van der Waals surface area contributed by atoms with E-state index in [2.05, 4.69) is 10.1 Å². The Bertz CT molecular complexity index is 640. The van der Waals surface area contributed by atoms with E-state index in [1.807, 2.05) is 0 Å². The van der Waals surface area contributed by atoms with E-state index in [9.17, 15) is 22.8 Å². The average Bonchev–Trinajstić information content (AvgIpc) is 3.25. The first kappa shape index (κ1) is 15.6. The number of carbonyl (C=O) groups is 2. The molecular formula is C15H15F3N2O3. The topological polar surface area (TPSA) is 58.6 Å². The van der Waals surface area contributed by atoms with Gasteiger partial charge in [-0.1, -0.05) is 12.1 Å². The molecule has 2 aliphatic rings. The van der Waals surface area contributed by atoms with Crippen molar-refractivity contribution in [2.24, 2.45) is 5.92 Å². The molecule has 124 valence electrons. The number of urea groups is 1. The minimum absolute atomic E-state index is 0.0132. The second-order valence-electron chi connectivity index (χ2n) is 5.99. The number of alkyl halides is 3. The number of hydrogen-bond donors (Lipinski definition) is 1. The fourth-order valence-electron chi connectivity index (χ4n) is 2.78. The molecule has 23 heavy (non-hydrogen) atoms. The highest BCUT2D eigenvalue weighted by molar-refractivity contribution is 6.07. The molecule has 1 unspecified atom stereocenters. The maximum Gasteiger partial charge on any atom is 0.573 e. The minimum Gasteiger partial charge on any atom is -0.406 e. The first-order valence-corrected chi connectivity index (χ1v) is 7.18. The summed E-state index contributed by atoms with van der Waals surface area (Å²) >= 11 is 0. The summed E-state index contributed by atoms with van der Waals surface area (Å²) in [4.78, 5) is 25.6. The maximum absolute atomic E-state index is 12.4. The van der Waals surface area contributed by atoms with Crippen LogP contribution in [0.4, 0.5) is 18.0 Å². The van der Waals surface area contributed by atoms with Gasteiger partial charge in [-0.15, -0.1) is 13.2 Å². The molecule has 8 heteroatoms. The van der Waals surface area contributed by atoms with Gasteiger partial charge in [0.25, 0.3) is 5.91 Å². The lowest BCUT2D eigenvalue weighted by molar-refractivity contribution is -0.274. The van der Waals surface area contributed by atoms with Crippen molar-refractivity contribution in [1.82, 2.24) is 10.2 Å². The Labute approximate surface area is 130 Å². The molecule has 3 rings (SSSR count). The highest BCUT2D eigenvalue weighted by Crippen LogP contribution is 2.42. The van der Waals surface area contributed by atoms with Crippen LogP contribution in [0.15, 0.2) is 24.3 Å². The molecule has 1 N–H and O–H groups in total. The number of rotatable bonds is 4. The number of carbonyl (C=O) groups excluding carboxylic acids is 2. The molecule has 1 aliphatic heterocycles. The van der Waals surface area contributed by atoms with Gasteiger partial charge in [0.1, 0.15) is 11.3 Å². The zero-order valence-electron chi connectivity index (χ0n) is 12.3. The molecule has 2 fully saturated rings. The number of halogens is 3. The molecule has 0 aromatic heterocycles. The monoisotopic (exact) mass is 328 g/mol. The Kier molecular flexibility index (Phi) is 3.50. The molecule has 1 saturated heterocycles. The van der Waals surface area contributed by atoms with Crippen LogP contribution in [0.2, 0.25) is 0 Å². The van der Waals surface area contributed by atoms with Crippen molar-refractivity contribution in [3.05, 3.63) is 29.8 Å². The number of amides is 3. The van der Waals surface area contributed by atoms with Crippen molar-refractivity contribution in [3.63, 3.8) is 0 Å². The fraction of sp³-hybridized carbons (Fsp3) is 0.467. The van der Waals surface area contributed by atoms with E-state index in [-0.39, 0.29) is 24.1 Å². The van der Waals surface area contributed by atoms with E-state index in [1.165, 1.54) is 12.1 Å². The number of hydrogen-bond acceptors (Lipinski definition) is 3. The zero-order chi connectivity index (χ0) is 16.8. The van der Waals surface area contributed by atoms with Crippen LogP contribution in [0.3, 0.4) is 0 Å². The third-order valence-electron chi connectivity index (χ3n) is 4.19. The standard InChI is InChI=1S/C15H15F3N2O3/c1-14(10-4-5-10)12(21)20(13(22)19-14)8-9-2-6-11(7-3-9)23-15(16,17)18/h2-3,6-7,10H,4-5,8H2,1H3,(H,19,22). The summed E-state index contributed by atoms with van der Waals surface area (Å²) in [6.45, 7) is 1.73. The highest BCUT2D eigenvalue weighted by atomic mass is 19.4. The van der Waals surface area contributed by atoms with Gasteiger partial charge >= 0.3 is 12.4 Å². The Hall–Kier alpha value is -2.25. The maximum atomic E-state index is 12.4. The lowest BCUT2D eigenvalue weighted by Crippen LogP contribution is -2.46. The van der Waals surface area contributed by atoms with Crippen LogP contribution in [0.1, 0.15) is 25.3 Å². The molecule has 0 bridgehead atoms. The molecule has 1 heterocycles. The number of nitrogens with one attached hydrogen (secondary N) is 1. The Balaban J connectivity index is 1.69. The van der Waals surface area contributed by atoms with E-state index in [0.717, 1.165) is 29.9 Å². The first-order valence-electron chi connectivity index (χ1n) is 7.18. The quantitative estimate of drug-likeness (QED) is 0.865. The summed E-state index contributed by atoms with van der Waals surface area (Å²) < 4.78 is 40.1. The first-order chi connectivity index (χ1) is 10.7. The molecule has 5 nitrogen and oxygen atoms in total. The summed E-state index contributed by atoms with van der Waals surface area (Å²) in [5.41, 5.74) is -0.320. The van der Waals surface area contributed by atoms with Gasteiger partial charge in [-0.3, -0.25) is 9.69 Å². The van der Waals surface area contributed by atoms with E-state index < -0.39 is 17.9 Å². The van der Waals surface area contributed by atoms with Gasteiger partial charge < -0.3 is 10.1 Å². The largest absolute Gasteiger partial charge is 0.573 e.